The second kappa shape index (κ2) is 10.9. The van der Waals surface area contributed by atoms with Crippen molar-refractivity contribution in [3.05, 3.63) is 0 Å². The molecule has 0 aromatic heterocycles. The topological polar surface area (TPSA) is 104 Å². The van der Waals surface area contributed by atoms with Gasteiger partial charge in [0.15, 0.2) is 0 Å². The number of ketones is 1. The normalized spacial score (nSPS) is 44.7. The van der Waals surface area contributed by atoms with Gasteiger partial charge in [0.2, 0.25) is 0 Å². The molecule has 0 amide bonds. The van der Waals surface area contributed by atoms with Crippen molar-refractivity contribution in [1.29, 1.82) is 0 Å². The standard InChI is InChI=1S/C23H42O6/c1-9-11(2)22-16(7)20(26)14(5)18(24)12(3)10-13(4)19(25)15(6)21(27)17(8)23(28)29-22/h11-17,19-22,25-27H,9-10H2,1-8H3/t11?,12-,13+,14+,15-,16-,17-,19+,20-,21+,22-/m1/s1. The minimum absolute atomic E-state index is 0.0105. The Kier molecular flexibility index (Phi) is 9.77. The first-order valence-electron chi connectivity index (χ1n) is 11.1. The molecule has 1 heterocycles. The van der Waals surface area contributed by atoms with Gasteiger partial charge in [-0.25, -0.2) is 0 Å². The molecule has 0 bridgehead atoms. The first kappa shape index (κ1) is 26.1. The van der Waals surface area contributed by atoms with Crippen LogP contribution in [0.1, 0.15) is 68.2 Å². The molecule has 0 spiro atoms. The maximum absolute atomic E-state index is 12.9. The van der Waals surface area contributed by atoms with E-state index in [1.54, 1.807) is 20.8 Å². The highest BCUT2D eigenvalue weighted by Crippen LogP contribution is 2.32. The largest absolute Gasteiger partial charge is 0.461 e. The molecule has 170 valence electrons. The average molecular weight is 415 g/mol. The van der Waals surface area contributed by atoms with Crippen molar-refractivity contribution in [2.45, 2.75) is 92.6 Å². The van der Waals surface area contributed by atoms with Gasteiger partial charge in [-0.3, -0.25) is 9.59 Å². The molecular weight excluding hydrogens is 372 g/mol. The van der Waals surface area contributed by atoms with Gasteiger partial charge in [-0.05, 0) is 25.2 Å². The molecule has 1 fully saturated rings. The first-order chi connectivity index (χ1) is 13.3. The molecule has 1 aliphatic heterocycles. The molecule has 29 heavy (non-hydrogen) atoms. The van der Waals surface area contributed by atoms with Crippen LogP contribution in [0.15, 0.2) is 0 Å². The van der Waals surface area contributed by atoms with E-state index in [2.05, 4.69) is 0 Å². The molecule has 1 rings (SSSR count). The second-order valence-corrected chi connectivity index (χ2v) is 9.57. The molecule has 3 N–H and O–H groups in total. The minimum atomic E-state index is -1.06. The van der Waals surface area contributed by atoms with Crippen LogP contribution in [0, 0.1) is 41.4 Å². The summed E-state index contributed by atoms with van der Waals surface area (Å²) in [5.41, 5.74) is 0. The van der Waals surface area contributed by atoms with E-state index in [1.165, 1.54) is 0 Å². The van der Waals surface area contributed by atoms with E-state index >= 15 is 0 Å². The van der Waals surface area contributed by atoms with Crippen LogP contribution in [-0.2, 0) is 14.3 Å². The van der Waals surface area contributed by atoms with Crippen LogP contribution in [0.25, 0.3) is 0 Å². The van der Waals surface area contributed by atoms with Crippen LogP contribution in [0.5, 0.6) is 0 Å². The van der Waals surface area contributed by atoms with Crippen LogP contribution in [0.4, 0.5) is 0 Å². The fraction of sp³-hybridized carbons (Fsp3) is 0.913. The highest BCUT2D eigenvalue weighted by atomic mass is 16.5. The predicted molar refractivity (Wildman–Crippen MR) is 112 cm³/mol. The third-order valence-corrected chi connectivity index (χ3v) is 7.23. The summed E-state index contributed by atoms with van der Waals surface area (Å²) in [5.74, 6) is -3.55. The molecule has 11 atom stereocenters. The summed E-state index contributed by atoms with van der Waals surface area (Å²) in [6.45, 7) is 14.5. The summed E-state index contributed by atoms with van der Waals surface area (Å²) in [4.78, 5) is 25.7. The number of aliphatic hydroxyl groups is 3. The third-order valence-electron chi connectivity index (χ3n) is 7.23. The molecule has 1 saturated heterocycles. The Morgan fingerprint density at radius 3 is 1.93 bits per heavy atom. The lowest BCUT2D eigenvalue weighted by molar-refractivity contribution is -0.170. The summed E-state index contributed by atoms with van der Waals surface area (Å²) in [5, 5.41) is 32.3. The molecule has 0 aromatic rings. The van der Waals surface area contributed by atoms with E-state index in [9.17, 15) is 24.9 Å². The Labute approximate surface area is 176 Å². The number of hydrogen-bond acceptors (Lipinski definition) is 6. The van der Waals surface area contributed by atoms with Gasteiger partial charge < -0.3 is 20.1 Å². The van der Waals surface area contributed by atoms with Crippen LogP contribution in [0.2, 0.25) is 0 Å². The molecule has 1 unspecified atom stereocenters. The lowest BCUT2D eigenvalue weighted by Gasteiger charge is -2.37. The Morgan fingerprint density at radius 1 is 0.897 bits per heavy atom. The Hall–Kier alpha value is -0.980. The Bertz CT molecular complexity index is 549. The van der Waals surface area contributed by atoms with Crippen molar-refractivity contribution in [1.82, 2.24) is 0 Å². The zero-order valence-electron chi connectivity index (χ0n) is 19.3. The van der Waals surface area contributed by atoms with Crippen molar-refractivity contribution in [3.8, 4) is 0 Å². The van der Waals surface area contributed by atoms with Crippen molar-refractivity contribution in [3.63, 3.8) is 0 Å². The summed E-state index contributed by atoms with van der Waals surface area (Å²) >= 11 is 0. The lowest BCUT2D eigenvalue weighted by Crippen LogP contribution is -2.47. The number of carbonyl (C=O) groups excluding carboxylic acids is 2. The SMILES string of the molecule is CCC(C)[C@H]1OC(=O)[C@H](C)[C@@H](O)[C@H](C)[C@@H](O)[C@@H](C)C[C@@H](C)C(=O)[C@H](C)[C@@H](O)[C@H]1C. The van der Waals surface area contributed by atoms with Gasteiger partial charge in [0.1, 0.15) is 11.9 Å². The summed E-state index contributed by atoms with van der Waals surface area (Å²) in [7, 11) is 0. The van der Waals surface area contributed by atoms with E-state index in [0.717, 1.165) is 6.42 Å². The van der Waals surface area contributed by atoms with E-state index in [1.807, 2.05) is 34.6 Å². The van der Waals surface area contributed by atoms with Gasteiger partial charge in [-0.1, -0.05) is 54.9 Å². The van der Waals surface area contributed by atoms with Crippen molar-refractivity contribution < 1.29 is 29.6 Å². The van der Waals surface area contributed by atoms with E-state index in [0.29, 0.717) is 6.42 Å². The molecule has 6 heteroatoms. The van der Waals surface area contributed by atoms with Gasteiger partial charge in [-0.15, -0.1) is 0 Å². The number of ether oxygens (including phenoxy) is 1. The molecule has 0 aromatic carbocycles. The zero-order valence-corrected chi connectivity index (χ0v) is 19.3. The predicted octanol–water partition coefficient (Wildman–Crippen LogP) is 2.82. The van der Waals surface area contributed by atoms with Crippen LogP contribution in [-0.4, -0.2) is 51.5 Å². The highest BCUT2D eigenvalue weighted by Gasteiger charge is 2.41. The number of hydrogen-bond donors (Lipinski definition) is 3. The molecule has 6 nitrogen and oxygen atoms in total. The summed E-state index contributed by atoms with van der Waals surface area (Å²) < 4.78 is 5.78. The van der Waals surface area contributed by atoms with Gasteiger partial charge >= 0.3 is 5.97 Å². The van der Waals surface area contributed by atoms with E-state index in [4.69, 9.17) is 4.74 Å². The second-order valence-electron chi connectivity index (χ2n) is 9.57. The van der Waals surface area contributed by atoms with Gasteiger partial charge in [-0.2, -0.15) is 0 Å². The highest BCUT2D eigenvalue weighted by molar-refractivity contribution is 5.83. The fourth-order valence-electron chi connectivity index (χ4n) is 4.61. The quantitative estimate of drug-likeness (QED) is 0.600. The van der Waals surface area contributed by atoms with Crippen molar-refractivity contribution in [2.24, 2.45) is 41.4 Å². The van der Waals surface area contributed by atoms with Crippen LogP contribution >= 0.6 is 0 Å². The summed E-state index contributed by atoms with van der Waals surface area (Å²) in [6, 6.07) is 0. The fourth-order valence-corrected chi connectivity index (χ4v) is 4.61. The van der Waals surface area contributed by atoms with Crippen molar-refractivity contribution in [2.75, 3.05) is 0 Å². The lowest BCUT2D eigenvalue weighted by atomic mass is 9.76. The molecule has 0 aliphatic carbocycles. The number of cyclic esters (lactones) is 1. The molecule has 1 aliphatic rings. The molecular formula is C23H42O6. The maximum Gasteiger partial charge on any atom is 0.311 e. The third kappa shape index (κ3) is 6.02. The summed E-state index contributed by atoms with van der Waals surface area (Å²) in [6.07, 6.45) is -2.23. The molecule has 0 saturated carbocycles. The van der Waals surface area contributed by atoms with E-state index < -0.39 is 54.1 Å². The monoisotopic (exact) mass is 414 g/mol. The number of esters is 1. The average Bonchev–Trinajstić information content (AvgIpc) is 2.71. The minimum Gasteiger partial charge on any atom is -0.461 e. The number of aliphatic hydroxyl groups excluding tert-OH is 3. The smallest absolute Gasteiger partial charge is 0.311 e. The maximum atomic E-state index is 12.9. The van der Waals surface area contributed by atoms with Crippen molar-refractivity contribution >= 4 is 11.8 Å². The van der Waals surface area contributed by atoms with Crippen LogP contribution < -0.4 is 0 Å². The number of Topliss-reactive ketones (excluding diaryl/α,β-unsaturated/α-hetero) is 1. The van der Waals surface area contributed by atoms with E-state index in [-0.39, 0.29) is 23.5 Å². The number of rotatable bonds is 2. The first-order valence-corrected chi connectivity index (χ1v) is 11.1. The van der Waals surface area contributed by atoms with Gasteiger partial charge in [0.25, 0.3) is 0 Å². The van der Waals surface area contributed by atoms with Crippen LogP contribution in [0.3, 0.4) is 0 Å². The van der Waals surface area contributed by atoms with Gasteiger partial charge in [0.05, 0.1) is 24.2 Å². The Morgan fingerprint density at radius 2 is 1.41 bits per heavy atom. The van der Waals surface area contributed by atoms with Gasteiger partial charge in [0, 0.05) is 23.7 Å². The molecule has 0 radical (unpaired) electrons. The zero-order chi connectivity index (χ0) is 22.6. The Balaban J connectivity index is 3.32. The number of carbonyl (C=O) groups is 2.